The van der Waals surface area contributed by atoms with E-state index in [-0.39, 0.29) is 11.9 Å². The molecule has 5 heteroatoms. The largest absolute Gasteiger partial charge is 0.360 e. The molecule has 0 radical (unpaired) electrons. The van der Waals surface area contributed by atoms with Crippen LogP contribution in [-0.2, 0) is 0 Å². The van der Waals surface area contributed by atoms with Crippen LogP contribution in [-0.4, -0.2) is 22.5 Å². The summed E-state index contributed by atoms with van der Waals surface area (Å²) < 4.78 is 5.31. The Kier molecular flexibility index (Phi) is 3.41. The first-order valence-corrected chi connectivity index (χ1v) is 8.14. The molecular formula is C17H17ClN2O2. The van der Waals surface area contributed by atoms with E-state index in [2.05, 4.69) is 5.16 Å². The lowest BCUT2D eigenvalue weighted by Crippen LogP contribution is -2.30. The van der Waals surface area contributed by atoms with Gasteiger partial charge in [0.2, 0.25) is 0 Å². The molecule has 0 bridgehead atoms. The molecule has 1 amide bonds. The molecule has 4 nitrogen and oxygen atoms in total. The normalized spacial score (nSPS) is 21.3. The van der Waals surface area contributed by atoms with Crippen LogP contribution in [0.25, 0.3) is 0 Å². The highest BCUT2D eigenvalue weighted by Gasteiger charge is 2.34. The van der Waals surface area contributed by atoms with Crippen molar-refractivity contribution in [2.24, 2.45) is 0 Å². The number of rotatable bonds is 3. The monoisotopic (exact) mass is 316 g/mol. The molecule has 2 aromatic rings. The van der Waals surface area contributed by atoms with E-state index in [0.29, 0.717) is 16.6 Å². The average Bonchev–Trinajstić information content (AvgIpc) is 3.08. The number of benzene rings is 1. The van der Waals surface area contributed by atoms with Gasteiger partial charge in [0.1, 0.15) is 5.76 Å². The summed E-state index contributed by atoms with van der Waals surface area (Å²) in [6, 6.07) is 9.58. The molecule has 1 saturated heterocycles. The lowest BCUT2D eigenvalue weighted by atomic mass is 10.0. The zero-order valence-corrected chi connectivity index (χ0v) is 12.9. The van der Waals surface area contributed by atoms with Gasteiger partial charge in [0, 0.05) is 23.6 Å². The van der Waals surface area contributed by atoms with Gasteiger partial charge >= 0.3 is 0 Å². The van der Waals surface area contributed by atoms with E-state index in [9.17, 15) is 4.79 Å². The molecule has 2 heterocycles. The molecule has 1 aromatic heterocycles. The summed E-state index contributed by atoms with van der Waals surface area (Å²) in [4.78, 5) is 14.6. The Balaban J connectivity index is 1.59. The number of halogens is 1. The first-order chi connectivity index (χ1) is 10.7. The Morgan fingerprint density at radius 1 is 1.27 bits per heavy atom. The fourth-order valence-electron chi connectivity index (χ4n) is 3.18. The maximum atomic E-state index is 12.8. The topological polar surface area (TPSA) is 46.3 Å². The molecule has 0 spiro atoms. The average molecular weight is 317 g/mol. The van der Waals surface area contributed by atoms with Crippen molar-refractivity contribution < 1.29 is 9.32 Å². The Morgan fingerprint density at radius 2 is 2.09 bits per heavy atom. The van der Waals surface area contributed by atoms with Gasteiger partial charge in [-0.15, -0.1) is 0 Å². The second-order valence-corrected chi connectivity index (χ2v) is 6.47. The summed E-state index contributed by atoms with van der Waals surface area (Å²) in [5, 5.41) is 4.69. The first kappa shape index (κ1) is 13.8. The van der Waals surface area contributed by atoms with Crippen LogP contribution in [0.5, 0.6) is 0 Å². The summed E-state index contributed by atoms with van der Waals surface area (Å²) in [7, 11) is 0. The second-order valence-electron chi connectivity index (χ2n) is 6.07. The minimum absolute atomic E-state index is 0.0299. The maximum absolute atomic E-state index is 12.8. The Hall–Kier alpha value is -1.81. The van der Waals surface area contributed by atoms with Crippen LogP contribution in [0.1, 0.15) is 59.5 Å². The van der Waals surface area contributed by atoms with Crippen LogP contribution in [0, 0.1) is 0 Å². The number of hydrogen-bond acceptors (Lipinski definition) is 3. The zero-order chi connectivity index (χ0) is 15.1. The fraction of sp³-hybridized carbons (Fsp3) is 0.412. The number of nitrogens with zero attached hydrogens (tertiary/aromatic N) is 2. The van der Waals surface area contributed by atoms with Gasteiger partial charge in [-0.3, -0.25) is 4.79 Å². The minimum Gasteiger partial charge on any atom is -0.360 e. The third-order valence-corrected chi connectivity index (χ3v) is 4.85. The standard InChI is InChI=1S/C17H17ClN2O2/c18-13-5-2-1-4-12(13)15-6-3-9-20(15)17(21)14-10-16(22-19-14)11-7-8-11/h1-2,4-5,10-11,15H,3,6-9H2/t15-/m1/s1. The van der Waals surface area contributed by atoms with Crippen molar-refractivity contribution in [3.05, 3.63) is 52.4 Å². The molecule has 2 aliphatic rings. The molecule has 1 atom stereocenters. The van der Waals surface area contributed by atoms with E-state index in [1.807, 2.05) is 35.2 Å². The van der Waals surface area contributed by atoms with Crippen molar-refractivity contribution >= 4 is 17.5 Å². The van der Waals surface area contributed by atoms with Crippen molar-refractivity contribution in [2.45, 2.75) is 37.6 Å². The lowest BCUT2D eigenvalue weighted by Gasteiger charge is -2.24. The van der Waals surface area contributed by atoms with E-state index in [1.165, 1.54) is 0 Å². The minimum atomic E-state index is -0.0573. The highest BCUT2D eigenvalue weighted by Crippen LogP contribution is 2.41. The molecule has 114 valence electrons. The van der Waals surface area contributed by atoms with Gasteiger partial charge in [-0.2, -0.15) is 0 Å². The summed E-state index contributed by atoms with van der Waals surface area (Å²) in [5.41, 5.74) is 1.43. The van der Waals surface area contributed by atoms with Crippen molar-refractivity contribution in [1.29, 1.82) is 0 Å². The Bertz CT molecular complexity index is 708. The molecule has 1 aromatic carbocycles. The summed E-state index contributed by atoms with van der Waals surface area (Å²) >= 11 is 6.30. The third kappa shape index (κ3) is 2.41. The van der Waals surface area contributed by atoms with E-state index in [4.69, 9.17) is 16.1 Å². The zero-order valence-electron chi connectivity index (χ0n) is 12.2. The van der Waals surface area contributed by atoms with E-state index in [0.717, 1.165) is 43.6 Å². The van der Waals surface area contributed by atoms with E-state index >= 15 is 0 Å². The van der Waals surface area contributed by atoms with E-state index < -0.39 is 0 Å². The lowest BCUT2D eigenvalue weighted by molar-refractivity contribution is 0.0725. The molecule has 4 rings (SSSR count). The van der Waals surface area contributed by atoms with E-state index in [1.54, 1.807) is 0 Å². The number of likely N-dealkylation sites (tertiary alicyclic amines) is 1. The van der Waals surface area contributed by atoms with Crippen LogP contribution in [0.3, 0.4) is 0 Å². The summed E-state index contributed by atoms with van der Waals surface area (Å²) in [5.74, 6) is 1.25. The van der Waals surface area contributed by atoms with Crippen molar-refractivity contribution in [3.63, 3.8) is 0 Å². The van der Waals surface area contributed by atoms with Crippen LogP contribution in [0.2, 0.25) is 5.02 Å². The van der Waals surface area contributed by atoms with Gasteiger partial charge in [0.25, 0.3) is 5.91 Å². The first-order valence-electron chi connectivity index (χ1n) is 7.76. The van der Waals surface area contributed by atoms with Crippen LogP contribution in [0.15, 0.2) is 34.9 Å². The third-order valence-electron chi connectivity index (χ3n) is 4.51. The molecular weight excluding hydrogens is 300 g/mol. The van der Waals surface area contributed by atoms with Crippen molar-refractivity contribution in [3.8, 4) is 0 Å². The predicted molar refractivity (Wildman–Crippen MR) is 82.9 cm³/mol. The number of carbonyl (C=O) groups is 1. The Labute approximate surface area is 134 Å². The van der Waals surface area contributed by atoms with Crippen LogP contribution < -0.4 is 0 Å². The van der Waals surface area contributed by atoms with Crippen molar-refractivity contribution in [2.75, 3.05) is 6.54 Å². The van der Waals surface area contributed by atoms with Crippen LogP contribution in [0.4, 0.5) is 0 Å². The number of hydrogen-bond donors (Lipinski definition) is 0. The van der Waals surface area contributed by atoms with Gasteiger partial charge in [0.05, 0.1) is 6.04 Å². The predicted octanol–water partition coefficient (Wildman–Crippen LogP) is 4.18. The molecule has 22 heavy (non-hydrogen) atoms. The maximum Gasteiger partial charge on any atom is 0.276 e. The smallest absolute Gasteiger partial charge is 0.276 e. The quantitative estimate of drug-likeness (QED) is 0.853. The molecule has 2 fully saturated rings. The number of aromatic nitrogens is 1. The fourth-order valence-corrected chi connectivity index (χ4v) is 3.44. The Morgan fingerprint density at radius 3 is 2.86 bits per heavy atom. The van der Waals surface area contributed by atoms with Gasteiger partial charge in [-0.25, -0.2) is 0 Å². The highest BCUT2D eigenvalue weighted by molar-refractivity contribution is 6.31. The number of amides is 1. The van der Waals surface area contributed by atoms with Crippen LogP contribution >= 0.6 is 11.6 Å². The number of carbonyl (C=O) groups excluding carboxylic acids is 1. The highest BCUT2D eigenvalue weighted by atomic mass is 35.5. The molecule has 0 unspecified atom stereocenters. The molecule has 1 saturated carbocycles. The molecule has 0 N–H and O–H groups in total. The summed E-state index contributed by atoms with van der Waals surface area (Å²) in [6.07, 6.45) is 4.18. The van der Waals surface area contributed by atoms with Gasteiger partial charge in [0.15, 0.2) is 5.69 Å². The SMILES string of the molecule is O=C(c1cc(C2CC2)on1)N1CCC[C@@H]1c1ccccc1Cl. The summed E-state index contributed by atoms with van der Waals surface area (Å²) in [6.45, 7) is 0.736. The molecule has 1 aliphatic heterocycles. The van der Waals surface area contributed by atoms with Gasteiger partial charge in [-0.1, -0.05) is 35.0 Å². The second kappa shape index (κ2) is 5.43. The molecule has 1 aliphatic carbocycles. The van der Waals surface area contributed by atoms with Crippen molar-refractivity contribution in [1.82, 2.24) is 10.1 Å². The van der Waals surface area contributed by atoms with Gasteiger partial charge < -0.3 is 9.42 Å². The van der Waals surface area contributed by atoms with Gasteiger partial charge in [-0.05, 0) is 37.3 Å².